The molecule has 0 atom stereocenters. The fraction of sp³-hybridized carbons (Fsp3) is 0.160. The maximum atomic E-state index is 12.4. The predicted octanol–water partition coefficient (Wildman–Crippen LogP) is 6.16. The number of nitrogens with zero attached hydrogens (tertiary/aromatic N) is 1. The molecule has 0 aliphatic rings. The molecule has 0 aliphatic carbocycles. The molecule has 0 bridgehead atoms. The van der Waals surface area contributed by atoms with Crippen LogP contribution in [0.3, 0.4) is 0 Å². The molecule has 8 heteroatoms. The Morgan fingerprint density at radius 1 is 1.00 bits per heavy atom. The number of unbranched alkanes of at least 4 members (excludes halogenated alkanes) is 1. The monoisotopic (exact) mass is 484 g/mol. The van der Waals surface area contributed by atoms with Crippen LogP contribution in [0.15, 0.2) is 71.8 Å². The second-order valence-electron chi connectivity index (χ2n) is 7.01. The lowest BCUT2D eigenvalue weighted by atomic mass is 10.2. The quantitative estimate of drug-likeness (QED) is 0.130. The molecule has 3 aromatic carbocycles. The van der Waals surface area contributed by atoms with Crippen LogP contribution in [-0.2, 0) is 0 Å². The number of carbonyl (C=O) groups is 2. The lowest BCUT2D eigenvalue weighted by Gasteiger charge is -2.07. The lowest BCUT2D eigenvalue weighted by molar-refractivity contribution is 0.0734. The summed E-state index contributed by atoms with van der Waals surface area (Å²) in [6.45, 7) is 2.74. The standard InChI is InChI=1S/C25H22Cl2N2O4/c1-2-3-13-32-20-10-7-18(8-11-20)24(30)29-28-16-17-5-4-6-21(14-17)33-25(31)22-12-9-19(26)15-23(22)27/h4-12,14-16H,2-3,13H2,1H3,(H,29,30)/b28-16-. The maximum absolute atomic E-state index is 12.4. The minimum Gasteiger partial charge on any atom is -0.494 e. The van der Waals surface area contributed by atoms with E-state index >= 15 is 0 Å². The molecule has 3 aromatic rings. The third-order valence-corrected chi connectivity index (χ3v) is 5.03. The summed E-state index contributed by atoms with van der Waals surface area (Å²) in [5, 5.41) is 4.60. The second-order valence-corrected chi connectivity index (χ2v) is 7.86. The van der Waals surface area contributed by atoms with Crippen LogP contribution in [0.1, 0.15) is 46.0 Å². The smallest absolute Gasteiger partial charge is 0.345 e. The Bertz CT molecular complexity index is 1150. The van der Waals surface area contributed by atoms with Gasteiger partial charge in [0.2, 0.25) is 0 Å². The molecule has 0 heterocycles. The van der Waals surface area contributed by atoms with Crippen molar-refractivity contribution < 1.29 is 19.1 Å². The van der Waals surface area contributed by atoms with Gasteiger partial charge in [0.1, 0.15) is 11.5 Å². The van der Waals surface area contributed by atoms with E-state index in [0.717, 1.165) is 18.6 Å². The summed E-state index contributed by atoms with van der Waals surface area (Å²) >= 11 is 11.9. The number of rotatable bonds is 9. The van der Waals surface area contributed by atoms with E-state index in [2.05, 4.69) is 17.5 Å². The summed E-state index contributed by atoms with van der Waals surface area (Å²) in [6.07, 6.45) is 3.49. The summed E-state index contributed by atoms with van der Waals surface area (Å²) in [6, 6.07) is 18.1. The number of ether oxygens (including phenoxy) is 2. The minimum atomic E-state index is -0.610. The molecule has 6 nitrogen and oxygen atoms in total. The molecule has 170 valence electrons. The Morgan fingerprint density at radius 2 is 1.79 bits per heavy atom. The van der Waals surface area contributed by atoms with Crippen molar-refractivity contribution in [2.45, 2.75) is 19.8 Å². The first-order valence-electron chi connectivity index (χ1n) is 10.3. The van der Waals surface area contributed by atoms with Crippen LogP contribution in [0.4, 0.5) is 0 Å². The highest BCUT2D eigenvalue weighted by Crippen LogP contribution is 2.23. The van der Waals surface area contributed by atoms with Gasteiger partial charge in [-0.15, -0.1) is 0 Å². The number of nitrogens with one attached hydrogen (secondary N) is 1. The van der Waals surface area contributed by atoms with Crippen LogP contribution in [0.25, 0.3) is 0 Å². The first kappa shape index (κ1) is 24.3. The number of hydrogen-bond acceptors (Lipinski definition) is 5. The van der Waals surface area contributed by atoms with E-state index in [9.17, 15) is 9.59 Å². The van der Waals surface area contributed by atoms with Gasteiger partial charge in [-0.2, -0.15) is 5.10 Å². The van der Waals surface area contributed by atoms with E-state index < -0.39 is 5.97 Å². The average Bonchev–Trinajstić information content (AvgIpc) is 2.80. The van der Waals surface area contributed by atoms with Gasteiger partial charge in [-0.3, -0.25) is 4.79 Å². The first-order valence-corrected chi connectivity index (χ1v) is 11.1. The van der Waals surface area contributed by atoms with Gasteiger partial charge in [-0.05, 0) is 66.6 Å². The Hall–Kier alpha value is -3.35. The Kier molecular flexibility index (Phi) is 8.87. The van der Waals surface area contributed by atoms with Gasteiger partial charge in [-0.1, -0.05) is 48.7 Å². The first-order chi connectivity index (χ1) is 16.0. The molecule has 0 saturated heterocycles. The Labute approximate surface area is 202 Å². The molecule has 0 fully saturated rings. The van der Waals surface area contributed by atoms with Gasteiger partial charge in [0.05, 0.1) is 23.4 Å². The van der Waals surface area contributed by atoms with Crippen LogP contribution in [0, 0.1) is 0 Å². The van der Waals surface area contributed by atoms with Crippen molar-refractivity contribution in [3.63, 3.8) is 0 Å². The van der Waals surface area contributed by atoms with Crippen LogP contribution in [0.2, 0.25) is 10.0 Å². The van der Waals surface area contributed by atoms with Gasteiger partial charge < -0.3 is 9.47 Å². The maximum Gasteiger partial charge on any atom is 0.345 e. The number of esters is 1. The van der Waals surface area contributed by atoms with Crippen LogP contribution in [0.5, 0.6) is 11.5 Å². The van der Waals surface area contributed by atoms with E-state index in [0.29, 0.717) is 28.5 Å². The molecule has 0 aromatic heterocycles. The molecular weight excluding hydrogens is 463 g/mol. The van der Waals surface area contributed by atoms with Gasteiger partial charge in [0, 0.05) is 10.6 Å². The number of amides is 1. The number of hydrazone groups is 1. The highest BCUT2D eigenvalue weighted by molar-refractivity contribution is 6.36. The molecule has 1 N–H and O–H groups in total. The zero-order valence-electron chi connectivity index (χ0n) is 17.9. The fourth-order valence-corrected chi connectivity index (χ4v) is 3.23. The Balaban J connectivity index is 1.56. The van der Waals surface area contributed by atoms with Crippen molar-refractivity contribution in [3.8, 4) is 11.5 Å². The number of benzene rings is 3. The van der Waals surface area contributed by atoms with Gasteiger partial charge >= 0.3 is 5.97 Å². The highest BCUT2D eigenvalue weighted by atomic mass is 35.5. The van der Waals surface area contributed by atoms with Gasteiger partial charge in [0.15, 0.2) is 0 Å². The topological polar surface area (TPSA) is 77.0 Å². The van der Waals surface area contributed by atoms with E-state index in [1.165, 1.54) is 18.3 Å². The van der Waals surface area contributed by atoms with Crippen LogP contribution < -0.4 is 14.9 Å². The summed E-state index contributed by atoms with van der Waals surface area (Å²) < 4.78 is 11.0. The van der Waals surface area contributed by atoms with Crippen molar-refractivity contribution in [3.05, 3.63) is 93.5 Å². The van der Waals surface area contributed by atoms with Crippen LogP contribution in [-0.4, -0.2) is 24.7 Å². The van der Waals surface area contributed by atoms with E-state index in [4.69, 9.17) is 32.7 Å². The van der Waals surface area contributed by atoms with Crippen molar-refractivity contribution in [1.82, 2.24) is 5.43 Å². The van der Waals surface area contributed by atoms with Crippen molar-refractivity contribution >= 4 is 41.3 Å². The average molecular weight is 485 g/mol. The molecule has 0 unspecified atom stereocenters. The highest BCUT2D eigenvalue weighted by Gasteiger charge is 2.13. The Morgan fingerprint density at radius 3 is 2.52 bits per heavy atom. The molecule has 0 spiro atoms. The van der Waals surface area contributed by atoms with E-state index in [-0.39, 0.29) is 16.5 Å². The third-order valence-electron chi connectivity index (χ3n) is 4.48. The zero-order chi connectivity index (χ0) is 23.6. The summed E-state index contributed by atoms with van der Waals surface area (Å²) in [5.41, 5.74) is 3.76. The third kappa shape index (κ3) is 7.34. The zero-order valence-corrected chi connectivity index (χ0v) is 19.4. The van der Waals surface area contributed by atoms with E-state index in [1.54, 1.807) is 54.6 Å². The lowest BCUT2D eigenvalue weighted by Crippen LogP contribution is -2.17. The second kappa shape index (κ2) is 12.0. The predicted molar refractivity (Wildman–Crippen MR) is 130 cm³/mol. The molecule has 0 radical (unpaired) electrons. The molecule has 33 heavy (non-hydrogen) atoms. The van der Waals surface area contributed by atoms with Crippen molar-refractivity contribution in [1.29, 1.82) is 0 Å². The van der Waals surface area contributed by atoms with Gasteiger partial charge in [0.25, 0.3) is 5.91 Å². The summed E-state index contributed by atoms with van der Waals surface area (Å²) in [4.78, 5) is 24.6. The fourth-order valence-electron chi connectivity index (χ4n) is 2.74. The molecular formula is C25H22Cl2N2O4. The normalized spacial score (nSPS) is 10.8. The van der Waals surface area contributed by atoms with Gasteiger partial charge in [-0.25, -0.2) is 10.2 Å². The number of hydrogen-bond donors (Lipinski definition) is 1. The number of carbonyl (C=O) groups excluding carboxylic acids is 2. The number of halogens is 2. The molecule has 0 saturated carbocycles. The molecule has 0 aliphatic heterocycles. The van der Waals surface area contributed by atoms with Crippen molar-refractivity contribution in [2.75, 3.05) is 6.61 Å². The summed E-state index contributed by atoms with van der Waals surface area (Å²) in [7, 11) is 0. The minimum absolute atomic E-state index is 0.202. The van der Waals surface area contributed by atoms with Crippen LogP contribution >= 0.6 is 23.2 Å². The van der Waals surface area contributed by atoms with Crippen molar-refractivity contribution in [2.24, 2.45) is 5.10 Å². The van der Waals surface area contributed by atoms with E-state index in [1.807, 2.05) is 0 Å². The SMILES string of the molecule is CCCCOc1ccc(C(=O)N/N=C\c2cccc(OC(=O)c3ccc(Cl)cc3Cl)c2)cc1. The molecule has 3 rings (SSSR count). The summed E-state index contributed by atoms with van der Waals surface area (Å²) in [5.74, 6) is 0.0576. The molecule has 1 amide bonds. The largest absolute Gasteiger partial charge is 0.494 e.